The standard InChI is InChI=1S/C30H45N3O5/c1-21-10-12-26(34)20-28(35)38-29(23(3)18-24-8-7-9-25(19-24)31(4)5)22(2)11-13-27(21)37-30(36)33-16-14-32(6)15-17-33/h7-9,11,13,18-19,21-22,26-27,29,34H,10,12,14-17,20H2,1-6H3/b13-11-,23-18+/t21-,22-,26+,27-,29-/m0/s1. The molecule has 0 spiro atoms. The highest BCUT2D eigenvalue weighted by Gasteiger charge is 2.29. The molecular formula is C30H45N3O5. The molecule has 8 nitrogen and oxygen atoms in total. The quantitative estimate of drug-likeness (QED) is 0.464. The van der Waals surface area contributed by atoms with Crippen LogP contribution in [0.5, 0.6) is 0 Å². The number of amides is 1. The Labute approximate surface area is 227 Å². The number of aliphatic hydroxyl groups excluding tert-OH is 1. The van der Waals surface area contributed by atoms with Gasteiger partial charge in [-0.25, -0.2) is 4.79 Å². The van der Waals surface area contributed by atoms with Crippen molar-refractivity contribution < 1.29 is 24.2 Å². The monoisotopic (exact) mass is 527 g/mol. The predicted molar refractivity (Wildman–Crippen MR) is 151 cm³/mol. The number of benzene rings is 1. The van der Waals surface area contributed by atoms with Crippen LogP contribution in [0.15, 0.2) is 42.0 Å². The highest BCUT2D eigenvalue weighted by atomic mass is 16.6. The minimum atomic E-state index is -0.806. The molecule has 1 aromatic rings. The van der Waals surface area contributed by atoms with Crippen LogP contribution in [0.2, 0.25) is 0 Å². The first kappa shape index (κ1) is 29.7. The zero-order chi connectivity index (χ0) is 27.8. The van der Waals surface area contributed by atoms with Gasteiger partial charge >= 0.3 is 12.1 Å². The fourth-order valence-electron chi connectivity index (χ4n) is 4.87. The summed E-state index contributed by atoms with van der Waals surface area (Å²) in [5, 5.41) is 10.5. The van der Waals surface area contributed by atoms with Gasteiger partial charge in [0.2, 0.25) is 0 Å². The number of aliphatic hydroxyl groups is 1. The van der Waals surface area contributed by atoms with Crippen molar-refractivity contribution in [3.05, 3.63) is 47.6 Å². The Morgan fingerprint density at radius 1 is 1.13 bits per heavy atom. The van der Waals surface area contributed by atoms with Crippen LogP contribution in [-0.4, -0.2) is 92.6 Å². The molecule has 2 aliphatic heterocycles. The van der Waals surface area contributed by atoms with Crippen LogP contribution in [-0.2, 0) is 14.3 Å². The van der Waals surface area contributed by atoms with Crippen LogP contribution in [0.1, 0.15) is 45.6 Å². The number of hydrogen-bond acceptors (Lipinski definition) is 7. The summed E-state index contributed by atoms with van der Waals surface area (Å²) in [5.74, 6) is -0.589. The van der Waals surface area contributed by atoms with Crippen LogP contribution < -0.4 is 4.90 Å². The third kappa shape index (κ3) is 8.60. The van der Waals surface area contributed by atoms with E-state index in [-0.39, 0.29) is 24.3 Å². The van der Waals surface area contributed by atoms with E-state index in [0.717, 1.165) is 29.9 Å². The number of carbonyl (C=O) groups is 2. The van der Waals surface area contributed by atoms with Gasteiger partial charge in [-0.15, -0.1) is 0 Å². The maximum atomic E-state index is 13.0. The number of ether oxygens (including phenoxy) is 2. The maximum Gasteiger partial charge on any atom is 0.410 e. The summed E-state index contributed by atoms with van der Waals surface area (Å²) in [6, 6.07) is 8.15. The molecule has 3 rings (SSSR count). The molecule has 38 heavy (non-hydrogen) atoms. The summed E-state index contributed by atoms with van der Waals surface area (Å²) in [6.45, 7) is 8.91. The van der Waals surface area contributed by atoms with Crippen molar-refractivity contribution in [2.24, 2.45) is 11.8 Å². The fourth-order valence-corrected chi connectivity index (χ4v) is 4.87. The Hall–Kier alpha value is -2.84. The van der Waals surface area contributed by atoms with Crippen molar-refractivity contribution in [1.82, 2.24) is 9.80 Å². The molecule has 1 aromatic carbocycles. The van der Waals surface area contributed by atoms with Crippen LogP contribution in [0, 0.1) is 11.8 Å². The maximum absolute atomic E-state index is 13.0. The zero-order valence-corrected chi connectivity index (χ0v) is 23.8. The second kappa shape index (κ2) is 13.8. The lowest BCUT2D eigenvalue weighted by Crippen LogP contribution is -2.48. The molecule has 0 unspecified atom stereocenters. The minimum absolute atomic E-state index is 0.0103. The largest absolute Gasteiger partial charge is 0.457 e. The average molecular weight is 528 g/mol. The molecule has 0 aliphatic carbocycles. The van der Waals surface area contributed by atoms with E-state index in [1.165, 1.54) is 0 Å². The number of cyclic esters (lactones) is 1. The molecule has 2 heterocycles. The summed E-state index contributed by atoms with van der Waals surface area (Å²) in [6.07, 6.45) is 4.88. The van der Waals surface area contributed by atoms with Crippen LogP contribution >= 0.6 is 0 Å². The van der Waals surface area contributed by atoms with Gasteiger partial charge in [-0.1, -0.05) is 38.1 Å². The van der Waals surface area contributed by atoms with Crippen LogP contribution in [0.4, 0.5) is 10.5 Å². The van der Waals surface area contributed by atoms with E-state index in [1.54, 1.807) is 4.90 Å². The van der Waals surface area contributed by atoms with Crippen molar-refractivity contribution in [2.75, 3.05) is 52.2 Å². The van der Waals surface area contributed by atoms with E-state index in [2.05, 4.69) is 11.0 Å². The molecule has 2 aliphatic rings. The van der Waals surface area contributed by atoms with Crippen molar-refractivity contribution in [3.63, 3.8) is 0 Å². The highest BCUT2D eigenvalue weighted by Crippen LogP contribution is 2.26. The summed E-state index contributed by atoms with van der Waals surface area (Å²) < 4.78 is 11.9. The van der Waals surface area contributed by atoms with Crippen molar-refractivity contribution in [1.29, 1.82) is 0 Å². The second-order valence-electron chi connectivity index (χ2n) is 11.1. The molecule has 0 aromatic heterocycles. The summed E-state index contributed by atoms with van der Waals surface area (Å²) >= 11 is 0. The zero-order valence-electron chi connectivity index (χ0n) is 23.8. The number of anilines is 1. The van der Waals surface area contributed by atoms with Crippen molar-refractivity contribution in [3.8, 4) is 0 Å². The molecule has 0 bridgehead atoms. The van der Waals surface area contributed by atoms with E-state index in [4.69, 9.17) is 9.47 Å². The minimum Gasteiger partial charge on any atom is -0.457 e. The number of rotatable bonds is 4. The smallest absolute Gasteiger partial charge is 0.410 e. The topological polar surface area (TPSA) is 82.5 Å². The third-order valence-electron chi connectivity index (χ3n) is 7.49. The SMILES string of the molecule is C/C(=C\c1cccc(N(C)C)c1)[C@H]1OC(=O)C[C@H](O)CC[C@H](C)[C@@H](OC(=O)N2CCN(C)CC2)/C=C\[C@@H]1C. The van der Waals surface area contributed by atoms with E-state index in [1.807, 2.05) is 83.2 Å². The predicted octanol–water partition coefficient (Wildman–Crippen LogP) is 4.19. The van der Waals surface area contributed by atoms with Gasteiger partial charge in [0.25, 0.3) is 0 Å². The van der Waals surface area contributed by atoms with Gasteiger partial charge < -0.3 is 29.3 Å². The van der Waals surface area contributed by atoms with Gasteiger partial charge in [0.15, 0.2) is 0 Å². The molecule has 0 radical (unpaired) electrons. The molecule has 5 atom stereocenters. The number of carbonyl (C=O) groups excluding carboxylic acids is 2. The number of likely N-dealkylation sites (N-methyl/N-ethyl adjacent to an activating group) is 1. The van der Waals surface area contributed by atoms with Crippen molar-refractivity contribution in [2.45, 2.75) is 58.3 Å². The third-order valence-corrected chi connectivity index (χ3v) is 7.49. The van der Waals surface area contributed by atoms with Gasteiger partial charge in [-0.2, -0.15) is 0 Å². The lowest BCUT2D eigenvalue weighted by molar-refractivity contribution is -0.151. The number of piperazine rings is 1. The van der Waals surface area contributed by atoms with E-state index in [0.29, 0.717) is 25.9 Å². The van der Waals surface area contributed by atoms with E-state index in [9.17, 15) is 14.7 Å². The van der Waals surface area contributed by atoms with E-state index < -0.39 is 24.3 Å². The number of esters is 1. The first-order valence-electron chi connectivity index (χ1n) is 13.7. The van der Waals surface area contributed by atoms with Crippen LogP contribution in [0.25, 0.3) is 6.08 Å². The lowest BCUT2D eigenvalue weighted by Gasteiger charge is -2.33. The molecule has 1 saturated heterocycles. The summed E-state index contributed by atoms with van der Waals surface area (Å²) in [4.78, 5) is 31.7. The first-order chi connectivity index (χ1) is 18.0. The Morgan fingerprint density at radius 3 is 2.53 bits per heavy atom. The first-order valence-corrected chi connectivity index (χ1v) is 13.7. The van der Waals surface area contributed by atoms with Crippen LogP contribution in [0.3, 0.4) is 0 Å². The second-order valence-corrected chi connectivity index (χ2v) is 11.1. The normalized spacial score (nSPS) is 29.0. The fraction of sp³-hybridized carbons (Fsp3) is 0.600. The molecular weight excluding hydrogens is 482 g/mol. The van der Waals surface area contributed by atoms with Gasteiger partial charge in [0.1, 0.15) is 12.2 Å². The Bertz CT molecular complexity index is 999. The average Bonchev–Trinajstić information content (AvgIpc) is 2.87. The summed E-state index contributed by atoms with van der Waals surface area (Å²) in [7, 11) is 6.04. The van der Waals surface area contributed by atoms with Gasteiger partial charge in [0, 0.05) is 51.9 Å². The Morgan fingerprint density at radius 2 is 1.84 bits per heavy atom. The van der Waals surface area contributed by atoms with Crippen molar-refractivity contribution >= 4 is 23.8 Å². The van der Waals surface area contributed by atoms with Gasteiger partial charge in [-0.3, -0.25) is 4.79 Å². The Balaban J connectivity index is 1.84. The highest BCUT2D eigenvalue weighted by molar-refractivity contribution is 5.71. The Kier molecular flexibility index (Phi) is 10.8. The van der Waals surface area contributed by atoms with Gasteiger partial charge in [-0.05, 0) is 62.1 Å². The van der Waals surface area contributed by atoms with Gasteiger partial charge in [0.05, 0.1) is 12.5 Å². The number of nitrogens with zero attached hydrogens (tertiary/aromatic N) is 3. The molecule has 210 valence electrons. The summed E-state index contributed by atoms with van der Waals surface area (Å²) in [5.41, 5.74) is 2.99. The van der Waals surface area contributed by atoms with E-state index >= 15 is 0 Å². The molecule has 1 N–H and O–H groups in total. The molecule has 1 fully saturated rings. The number of hydrogen-bond donors (Lipinski definition) is 1. The molecule has 8 heteroatoms. The molecule has 0 saturated carbocycles. The molecule has 1 amide bonds. The lowest BCUT2D eigenvalue weighted by atomic mass is 9.91.